The van der Waals surface area contributed by atoms with Crippen molar-refractivity contribution in [1.82, 2.24) is 0 Å². The highest BCUT2D eigenvalue weighted by molar-refractivity contribution is 8.01. The minimum atomic E-state index is -0.298. The van der Waals surface area contributed by atoms with E-state index in [1.54, 1.807) is 11.8 Å². The predicted octanol–water partition coefficient (Wildman–Crippen LogP) is 4.04. The topological polar surface area (TPSA) is 23.8 Å². The number of nitrogens with zero attached hydrogens (tertiary/aromatic N) is 1. The summed E-state index contributed by atoms with van der Waals surface area (Å²) in [5.74, 6) is 0. The molecule has 0 atom stereocenters. The maximum Gasteiger partial charge on any atom is 0.114 e. The summed E-state index contributed by atoms with van der Waals surface area (Å²) in [6, 6.07) is 10.1. The van der Waals surface area contributed by atoms with Gasteiger partial charge < -0.3 is 0 Å². The van der Waals surface area contributed by atoms with Crippen LogP contribution in [0.3, 0.4) is 0 Å². The van der Waals surface area contributed by atoms with Gasteiger partial charge in [0.05, 0.1) is 6.07 Å². The number of hydrogen-bond donors (Lipinski definition) is 0. The predicted molar refractivity (Wildman–Crippen MR) is 64.0 cm³/mol. The fourth-order valence-corrected chi connectivity index (χ4v) is 2.81. The summed E-state index contributed by atoms with van der Waals surface area (Å²) in [6.07, 6.45) is 5.81. The molecule has 1 aromatic carbocycles. The van der Waals surface area contributed by atoms with Gasteiger partial charge in [0.25, 0.3) is 0 Å². The Bertz CT molecular complexity index is 408. The second-order valence-electron chi connectivity index (χ2n) is 3.54. The van der Waals surface area contributed by atoms with E-state index in [0.29, 0.717) is 0 Å². The van der Waals surface area contributed by atoms with Crippen LogP contribution in [0.15, 0.2) is 41.3 Å². The van der Waals surface area contributed by atoms with Gasteiger partial charge in [-0.3, -0.25) is 0 Å². The largest absolute Gasteiger partial charge is 0.197 e. The zero-order chi connectivity index (χ0) is 10.7. The molecule has 0 saturated heterocycles. The summed E-state index contributed by atoms with van der Waals surface area (Å²) in [5, 5.41) is 9.93. The number of halogens is 1. The van der Waals surface area contributed by atoms with Gasteiger partial charge in [0, 0.05) is 9.92 Å². The van der Waals surface area contributed by atoms with E-state index in [1.165, 1.54) is 0 Å². The molecule has 76 valence electrons. The Hall–Kier alpha value is -0.910. The monoisotopic (exact) mass is 235 g/mol. The molecule has 0 spiro atoms. The lowest BCUT2D eigenvalue weighted by Gasteiger charge is -2.19. The molecule has 0 radical (unpaired) electrons. The van der Waals surface area contributed by atoms with E-state index in [-0.39, 0.29) is 4.75 Å². The molecule has 0 fully saturated rings. The standard InChI is InChI=1S/C12H10ClNS/c13-10-3-5-11(6-4-10)15-12(9-14)7-1-2-8-12/h1-6H,7-8H2. The average Bonchev–Trinajstić information content (AvgIpc) is 2.71. The van der Waals surface area contributed by atoms with E-state index in [2.05, 4.69) is 18.2 Å². The molecule has 0 amide bonds. The molecule has 0 N–H and O–H groups in total. The summed E-state index contributed by atoms with van der Waals surface area (Å²) in [5.41, 5.74) is 0. The zero-order valence-corrected chi connectivity index (χ0v) is 9.68. The fraction of sp³-hybridized carbons (Fsp3) is 0.250. The van der Waals surface area contributed by atoms with Crippen LogP contribution in [0.2, 0.25) is 5.02 Å². The molecular weight excluding hydrogens is 226 g/mol. The van der Waals surface area contributed by atoms with Gasteiger partial charge in [-0.05, 0) is 37.1 Å². The summed E-state index contributed by atoms with van der Waals surface area (Å²) in [6.45, 7) is 0. The normalized spacial score (nSPS) is 17.6. The van der Waals surface area contributed by atoms with E-state index in [1.807, 2.05) is 24.3 Å². The highest BCUT2D eigenvalue weighted by Gasteiger charge is 2.31. The molecule has 0 saturated carbocycles. The van der Waals surface area contributed by atoms with Crippen LogP contribution in [-0.4, -0.2) is 4.75 Å². The number of rotatable bonds is 2. The molecule has 0 aromatic heterocycles. The van der Waals surface area contributed by atoms with Crippen molar-refractivity contribution in [2.75, 3.05) is 0 Å². The maximum absolute atomic E-state index is 9.20. The van der Waals surface area contributed by atoms with E-state index in [9.17, 15) is 5.26 Å². The Morgan fingerprint density at radius 3 is 2.33 bits per heavy atom. The van der Waals surface area contributed by atoms with Crippen LogP contribution < -0.4 is 0 Å². The molecule has 0 unspecified atom stereocenters. The van der Waals surface area contributed by atoms with Gasteiger partial charge in [0.15, 0.2) is 0 Å². The number of thioether (sulfide) groups is 1. The highest BCUT2D eigenvalue weighted by Crippen LogP contribution is 2.41. The summed E-state index contributed by atoms with van der Waals surface area (Å²) in [4.78, 5) is 1.10. The van der Waals surface area contributed by atoms with Gasteiger partial charge in [-0.15, -0.1) is 11.8 Å². The summed E-state index contributed by atoms with van der Waals surface area (Å²) < 4.78 is -0.298. The van der Waals surface area contributed by atoms with Crippen molar-refractivity contribution in [3.8, 4) is 6.07 Å². The average molecular weight is 236 g/mol. The first-order valence-electron chi connectivity index (χ1n) is 4.75. The van der Waals surface area contributed by atoms with Crippen molar-refractivity contribution in [2.45, 2.75) is 22.5 Å². The van der Waals surface area contributed by atoms with E-state index in [4.69, 9.17) is 11.6 Å². The van der Waals surface area contributed by atoms with Crippen LogP contribution >= 0.6 is 23.4 Å². The second kappa shape index (κ2) is 4.30. The molecule has 1 aliphatic rings. The van der Waals surface area contributed by atoms with Gasteiger partial charge >= 0.3 is 0 Å². The summed E-state index contributed by atoms with van der Waals surface area (Å²) >= 11 is 7.44. The van der Waals surface area contributed by atoms with E-state index in [0.717, 1.165) is 22.8 Å². The molecule has 1 aromatic rings. The van der Waals surface area contributed by atoms with Gasteiger partial charge in [-0.25, -0.2) is 0 Å². The molecule has 3 heteroatoms. The lowest BCUT2D eigenvalue weighted by molar-refractivity contribution is 0.792. The molecular formula is C12H10ClNS. The van der Waals surface area contributed by atoms with Crippen molar-refractivity contribution >= 4 is 23.4 Å². The first kappa shape index (κ1) is 10.6. The number of hydrogen-bond acceptors (Lipinski definition) is 2. The lowest BCUT2D eigenvalue weighted by atomic mass is 10.1. The number of allylic oxidation sites excluding steroid dienone is 2. The van der Waals surface area contributed by atoms with Crippen molar-refractivity contribution < 1.29 is 0 Å². The first-order chi connectivity index (χ1) is 7.24. The zero-order valence-electron chi connectivity index (χ0n) is 8.11. The van der Waals surface area contributed by atoms with Gasteiger partial charge in [-0.2, -0.15) is 5.26 Å². The van der Waals surface area contributed by atoms with E-state index >= 15 is 0 Å². The minimum absolute atomic E-state index is 0.298. The van der Waals surface area contributed by atoms with Crippen molar-refractivity contribution in [1.29, 1.82) is 5.26 Å². The van der Waals surface area contributed by atoms with Crippen LogP contribution in [-0.2, 0) is 0 Å². The van der Waals surface area contributed by atoms with Crippen LogP contribution in [0, 0.1) is 11.3 Å². The highest BCUT2D eigenvalue weighted by atomic mass is 35.5. The Morgan fingerprint density at radius 2 is 1.80 bits per heavy atom. The molecule has 1 aliphatic carbocycles. The summed E-state index contributed by atoms with van der Waals surface area (Å²) in [7, 11) is 0. The van der Waals surface area contributed by atoms with E-state index < -0.39 is 0 Å². The Balaban J connectivity index is 2.14. The Morgan fingerprint density at radius 1 is 1.20 bits per heavy atom. The number of nitriles is 1. The smallest absolute Gasteiger partial charge is 0.114 e. The maximum atomic E-state index is 9.20. The Kier molecular flexibility index (Phi) is 3.04. The van der Waals surface area contributed by atoms with Crippen LogP contribution in [0.25, 0.3) is 0 Å². The molecule has 0 heterocycles. The fourth-order valence-electron chi connectivity index (χ4n) is 1.56. The van der Waals surface area contributed by atoms with Crippen molar-refractivity contribution in [2.24, 2.45) is 0 Å². The van der Waals surface area contributed by atoms with Crippen molar-refractivity contribution in [3.05, 3.63) is 41.4 Å². The van der Waals surface area contributed by atoms with Crippen molar-refractivity contribution in [3.63, 3.8) is 0 Å². The third-order valence-corrected chi connectivity index (χ3v) is 3.97. The van der Waals surface area contributed by atoms with Gasteiger partial charge in [0.1, 0.15) is 4.75 Å². The Labute approximate surface area is 98.7 Å². The molecule has 0 bridgehead atoms. The van der Waals surface area contributed by atoms with Crippen LogP contribution in [0.5, 0.6) is 0 Å². The molecule has 0 aliphatic heterocycles. The molecule has 1 nitrogen and oxygen atoms in total. The second-order valence-corrected chi connectivity index (χ2v) is 5.44. The van der Waals surface area contributed by atoms with Crippen LogP contribution in [0.1, 0.15) is 12.8 Å². The minimum Gasteiger partial charge on any atom is -0.197 e. The van der Waals surface area contributed by atoms with Crippen LogP contribution in [0.4, 0.5) is 0 Å². The molecule has 2 rings (SSSR count). The number of benzene rings is 1. The third-order valence-electron chi connectivity index (χ3n) is 2.39. The first-order valence-corrected chi connectivity index (χ1v) is 5.94. The SMILES string of the molecule is N#CC1(Sc2ccc(Cl)cc2)CC=CC1. The van der Waals surface area contributed by atoms with Gasteiger partial charge in [0.2, 0.25) is 0 Å². The quantitative estimate of drug-likeness (QED) is 0.723. The third kappa shape index (κ3) is 2.37. The van der Waals surface area contributed by atoms with Gasteiger partial charge in [-0.1, -0.05) is 23.8 Å². The lowest BCUT2D eigenvalue weighted by Crippen LogP contribution is -2.16. The molecule has 15 heavy (non-hydrogen) atoms.